The molecule has 0 amide bonds. The Morgan fingerprint density at radius 2 is 2.00 bits per heavy atom. The van der Waals surface area contributed by atoms with Crippen molar-refractivity contribution in [2.75, 3.05) is 12.4 Å². The second kappa shape index (κ2) is 6.34. The van der Waals surface area contributed by atoms with E-state index in [1.54, 1.807) is 7.11 Å². The van der Waals surface area contributed by atoms with E-state index in [0.717, 1.165) is 38.6 Å². The van der Waals surface area contributed by atoms with Crippen LogP contribution in [0.3, 0.4) is 0 Å². The Morgan fingerprint density at radius 3 is 2.68 bits per heavy atom. The first-order valence-corrected chi connectivity index (χ1v) is 7.35. The maximum Gasteiger partial charge on any atom is 0.135 e. The van der Waals surface area contributed by atoms with Crippen molar-refractivity contribution in [3.63, 3.8) is 0 Å². The van der Waals surface area contributed by atoms with Crippen molar-refractivity contribution in [2.24, 2.45) is 0 Å². The van der Waals surface area contributed by atoms with Gasteiger partial charge >= 0.3 is 0 Å². The first kappa shape index (κ1) is 14.3. The fourth-order valence-electron chi connectivity index (χ4n) is 1.55. The molecule has 0 atom stereocenters. The number of rotatable bonds is 4. The minimum Gasteiger partial charge on any atom is -0.497 e. The summed E-state index contributed by atoms with van der Waals surface area (Å²) < 4.78 is 6.92. The number of nitrogens with zero attached hydrogens (tertiary/aromatic N) is 2. The Bertz CT molecular complexity index is 590. The quantitative estimate of drug-likeness (QED) is 0.795. The van der Waals surface area contributed by atoms with Crippen molar-refractivity contribution >= 4 is 43.4 Å². The normalized spacial score (nSPS) is 10.3. The van der Waals surface area contributed by atoms with E-state index in [-0.39, 0.29) is 0 Å². The molecule has 1 N–H and O–H groups in total. The van der Waals surface area contributed by atoms with E-state index in [1.165, 1.54) is 0 Å². The summed E-state index contributed by atoms with van der Waals surface area (Å²) in [6.07, 6.45) is 0.785. The van der Waals surface area contributed by atoms with Gasteiger partial charge in [0.25, 0.3) is 0 Å². The third-order valence-electron chi connectivity index (χ3n) is 2.49. The van der Waals surface area contributed by atoms with Crippen LogP contribution in [0.25, 0.3) is 0 Å². The number of benzene rings is 1. The average Bonchev–Trinajstić information content (AvgIpc) is 2.40. The Hall–Kier alpha value is -1.14. The van der Waals surface area contributed by atoms with Crippen molar-refractivity contribution in [3.05, 3.63) is 39.2 Å². The van der Waals surface area contributed by atoms with Gasteiger partial charge in [0.15, 0.2) is 0 Å². The monoisotopic (exact) mass is 385 g/mol. The highest BCUT2D eigenvalue weighted by Gasteiger charge is 2.06. The number of ether oxygens (including phenoxy) is 1. The lowest BCUT2D eigenvalue weighted by Gasteiger charge is -2.10. The fraction of sp³-hybridized carbons (Fsp3) is 0.231. The topological polar surface area (TPSA) is 47.0 Å². The van der Waals surface area contributed by atoms with Gasteiger partial charge in [-0.15, -0.1) is 0 Å². The third kappa shape index (κ3) is 3.67. The molecular weight excluding hydrogens is 374 g/mol. The maximum absolute atomic E-state index is 5.21. The summed E-state index contributed by atoms with van der Waals surface area (Å²) in [7, 11) is 1.64. The molecule has 0 radical (unpaired) electrons. The van der Waals surface area contributed by atoms with E-state index in [2.05, 4.69) is 47.1 Å². The van der Waals surface area contributed by atoms with Gasteiger partial charge in [-0.05, 0) is 44.0 Å². The molecular formula is C13H13Br2N3O. The molecule has 0 aliphatic carbocycles. The Labute approximate surface area is 128 Å². The average molecular weight is 387 g/mol. The van der Waals surface area contributed by atoms with Crippen LogP contribution in [-0.4, -0.2) is 17.1 Å². The first-order chi connectivity index (χ1) is 9.12. The van der Waals surface area contributed by atoms with Gasteiger partial charge in [-0.2, -0.15) is 0 Å². The van der Waals surface area contributed by atoms with Crippen molar-refractivity contribution in [2.45, 2.75) is 13.3 Å². The summed E-state index contributed by atoms with van der Waals surface area (Å²) in [5.41, 5.74) is 0.895. The Kier molecular flexibility index (Phi) is 4.76. The number of methoxy groups -OCH3 is 1. The van der Waals surface area contributed by atoms with Gasteiger partial charge in [0, 0.05) is 23.0 Å². The van der Waals surface area contributed by atoms with Crippen LogP contribution < -0.4 is 10.1 Å². The second-order valence-electron chi connectivity index (χ2n) is 3.82. The van der Waals surface area contributed by atoms with Crippen LogP contribution in [-0.2, 0) is 6.42 Å². The molecule has 0 saturated carbocycles. The molecule has 4 nitrogen and oxygen atoms in total. The molecule has 0 aliphatic rings. The summed E-state index contributed by atoms with van der Waals surface area (Å²) >= 11 is 6.88. The summed E-state index contributed by atoms with van der Waals surface area (Å²) in [6.45, 7) is 2.02. The highest BCUT2D eigenvalue weighted by molar-refractivity contribution is 9.10. The molecule has 0 spiro atoms. The van der Waals surface area contributed by atoms with Crippen molar-refractivity contribution in [1.82, 2.24) is 9.97 Å². The lowest BCUT2D eigenvalue weighted by Crippen LogP contribution is -2.00. The number of halogens is 2. The number of aromatic nitrogens is 2. The summed E-state index contributed by atoms with van der Waals surface area (Å²) in [5, 5.41) is 3.25. The highest BCUT2D eigenvalue weighted by Crippen LogP contribution is 2.29. The Morgan fingerprint density at radius 1 is 1.21 bits per heavy atom. The number of nitrogens with one attached hydrogen (secondary N) is 1. The molecule has 19 heavy (non-hydrogen) atoms. The van der Waals surface area contributed by atoms with Gasteiger partial charge < -0.3 is 10.1 Å². The fourth-order valence-corrected chi connectivity index (χ4v) is 2.32. The van der Waals surface area contributed by atoms with Crippen LogP contribution >= 0.6 is 31.9 Å². The molecule has 0 bridgehead atoms. The predicted molar refractivity (Wildman–Crippen MR) is 83.1 cm³/mol. The van der Waals surface area contributed by atoms with E-state index in [0.29, 0.717) is 0 Å². The van der Waals surface area contributed by atoms with Gasteiger partial charge in [0.1, 0.15) is 22.0 Å². The SMILES string of the molecule is CCc1nc(Br)cc(Nc2cc(OC)ccc2Br)n1. The van der Waals surface area contributed by atoms with Crippen LogP contribution in [0.15, 0.2) is 33.3 Å². The molecule has 0 fully saturated rings. The lowest BCUT2D eigenvalue weighted by molar-refractivity contribution is 0.415. The van der Waals surface area contributed by atoms with Crippen LogP contribution in [0.2, 0.25) is 0 Å². The number of anilines is 2. The van der Waals surface area contributed by atoms with Crippen LogP contribution in [0.4, 0.5) is 11.5 Å². The zero-order valence-corrected chi connectivity index (χ0v) is 13.7. The van der Waals surface area contributed by atoms with Crippen molar-refractivity contribution < 1.29 is 4.74 Å². The minimum absolute atomic E-state index is 0.743. The van der Waals surface area contributed by atoms with Gasteiger partial charge in [-0.3, -0.25) is 0 Å². The molecule has 2 aromatic rings. The zero-order chi connectivity index (χ0) is 13.8. The van der Waals surface area contributed by atoms with Gasteiger partial charge in [0.05, 0.1) is 12.8 Å². The summed E-state index contributed by atoms with van der Waals surface area (Å²) in [5.74, 6) is 2.32. The molecule has 2 rings (SSSR count). The van der Waals surface area contributed by atoms with Gasteiger partial charge in [0.2, 0.25) is 0 Å². The largest absolute Gasteiger partial charge is 0.497 e. The number of aryl methyl sites for hydroxylation is 1. The molecule has 1 aromatic heterocycles. The van der Waals surface area contributed by atoms with Crippen LogP contribution in [0.1, 0.15) is 12.7 Å². The molecule has 0 unspecified atom stereocenters. The lowest BCUT2D eigenvalue weighted by atomic mass is 10.3. The number of hydrogen-bond acceptors (Lipinski definition) is 4. The minimum atomic E-state index is 0.743. The summed E-state index contributed by atoms with van der Waals surface area (Å²) in [4.78, 5) is 8.71. The molecule has 1 heterocycles. The first-order valence-electron chi connectivity index (χ1n) is 5.76. The van der Waals surface area contributed by atoms with Crippen LogP contribution in [0.5, 0.6) is 5.75 Å². The van der Waals surface area contributed by atoms with Gasteiger partial charge in [-0.1, -0.05) is 6.92 Å². The standard InChI is InChI=1S/C13H13Br2N3O/c1-3-12-17-11(15)7-13(18-12)16-10-6-8(19-2)4-5-9(10)14/h4-7H,3H2,1-2H3,(H,16,17,18). The molecule has 0 saturated heterocycles. The molecule has 1 aromatic carbocycles. The Balaban J connectivity index is 2.32. The number of hydrogen-bond donors (Lipinski definition) is 1. The summed E-state index contributed by atoms with van der Waals surface area (Å²) in [6, 6.07) is 7.57. The molecule has 0 aliphatic heterocycles. The van der Waals surface area contributed by atoms with E-state index in [4.69, 9.17) is 4.74 Å². The van der Waals surface area contributed by atoms with E-state index in [1.807, 2.05) is 31.2 Å². The zero-order valence-electron chi connectivity index (χ0n) is 10.6. The van der Waals surface area contributed by atoms with Crippen molar-refractivity contribution in [3.8, 4) is 5.75 Å². The van der Waals surface area contributed by atoms with E-state index < -0.39 is 0 Å². The van der Waals surface area contributed by atoms with Gasteiger partial charge in [-0.25, -0.2) is 9.97 Å². The van der Waals surface area contributed by atoms with E-state index in [9.17, 15) is 0 Å². The molecule has 100 valence electrons. The van der Waals surface area contributed by atoms with Crippen molar-refractivity contribution in [1.29, 1.82) is 0 Å². The second-order valence-corrected chi connectivity index (χ2v) is 5.48. The van der Waals surface area contributed by atoms with Crippen LogP contribution in [0, 0.1) is 0 Å². The molecule has 6 heteroatoms. The maximum atomic E-state index is 5.21. The smallest absolute Gasteiger partial charge is 0.135 e. The highest BCUT2D eigenvalue weighted by atomic mass is 79.9. The van der Waals surface area contributed by atoms with E-state index >= 15 is 0 Å². The third-order valence-corrected chi connectivity index (χ3v) is 3.59. The predicted octanol–water partition coefficient (Wildman–Crippen LogP) is 4.32.